The third-order valence-corrected chi connectivity index (χ3v) is 3.05. The fourth-order valence-corrected chi connectivity index (χ4v) is 2.05. The van der Waals surface area contributed by atoms with Crippen LogP contribution in [-0.2, 0) is 4.84 Å². The quantitative estimate of drug-likeness (QED) is 0.601. The van der Waals surface area contributed by atoms with Crippen molar-refractivity contribution in [1.82, 2.24) is 5.06 Å². The highest BCUT2D eigenvalue weighted by Crippen LogP contribution is 2.22. The molecule has 1 aromatic rings. The summed E-state index contributed by atoms with van der Waals surface area (Å²) in [7, 11) is 0. The maximum Gasteiger partial charge on any atom is 0.226 e. The molecule has 1 heterocycles. The monoisotopic (exact) mass is 345 g/mol. The summed E-state index contributed by atoms with van der Waals surface area (Å²) in [6.45, 7) is 3.57. The number of benzene rings is 1. The number of aliphatic imine (C=N–C) groups is 2. The van der Waals surface area contributed by atoms with Crippen LogP contribution in [0.4, 0.5) is 13.2 Å². The van der Waals surface area contributed by atoms with E-state index in [1.165, 1.54) is 5.06 Å². The lowest BCUT2D eigenvalue weighted by atomic mass is 10.2. The first-order valence-corrected chi connectivity index (χ1v) is 7.10. The van der Waals surface area contributed by atoms with Gasteiger partial charge in [-0.05, 0) is 13.8 Å². The molecule has 0 aromatic heterocycles. The normalized spacial score (nSPS) is 16.6. The Kier molecular flexibility index (Phi) is 5.17. The molecule has 0 aliphatic carbocycles. The molecule has 24 heavy (non-hydrogen) atoms. The number of hydrogen-bond acceptors (Lipinski definition) is 7. The largest absolute Gasteiger partial charge is 0.490 e. The third kappa shape index (κ3) is 4.07. The Morgan fingerprint density at radius 1 is 1.17 bits per heavy atom. The topological polar surface area (TPSA) is 98.5 Å². The van der Waals surface area contributed by atoms with E-state index < -0.39 is 28.9 Å². The van der Waals surface area contributed by atoms with Crippen LogP contribution in [-0.4, -0.2) is 35.9 Å². The second kappa shape index (κ2) is 6.95. The summed E-state index contributed by atoms with van der Waals surface area (Å²) in [4.78, 5) is 13.4. The van der Waals surface area contributed by atoms with Crippen molar-refractivity contribution in [2.24, 2.45) is 21.5 Å². The maximum atomic E-state index is 13.4. The molecule has 1 aliphatic rings. The third-order valence-electron chi connectivity index (χ3n) is 3.05. The van der Waals surface area contributed by atoms with Gasteiger partial charge in [0.25, 0.3) is 0 Å². The summed E-state index contributed by atoms with van der Waals surface area (Å²) in [5.74, 6) is -3.87. The lowest BCUT2D eigenvalue weighted by Gasteiger charge is -2.36. The number of rotatable bonds is 6. The lowest BCUT2D eigenvalue weighted by Crippen LogP contribution is -2.53. The van der Waals surface area contributed by atoms with Crippen LogP contribution in [0, 0.1) is 17.5 Å². The van der Waals surface area contributed by atoms with Crippen LogP contribution >= 0.6 is 0 Å². The summed E-state index contributed by atoms with van der Waals surface area (Å²) in [6, 6.07) is 1.22. The van der Waals surface area contributed by atoms with E-state index in [9.17, 15) is 13.2 Å². The van der Waals surface area contributed by atoms with Gasteiger partial charge in [-0.3, -0.25) is 4.84 Å². The van der Waals surface area contributed by atoms with Gasteiger partial charge in [0.1, 0.15) is 5.82 Å². The van der Waals surface area contributed by atoms with Gasteiger partial charge in [0.05, 0.1) is 13.2 Å². The number of halogens is 3. The van der Waals surface area contributed by atoms with Gasteiger partial charge in [0.2, 0.25) is 17.7 Å². The molecular weight excluding hydrogens is 327 g/mol. The molecule has 1 aliphatic heterocycles. The van der Waals surface area contributed by atoms with Crippen molar-refractivity contribution in [3.05, 3.63) is 29.6 Å². The summed E-state index contributed by atoms with van der Waals surface area (Å²) in [6.07, 6.45) is 0.302. The van der Waals surface area contributed by atoms with Gasteiger partial charge in [-0.2, -0.15) is 14.4 Å². The Bertz CT molecular complexity index is 679. The fourth-order valence-electron chi connectivity index (χ4n) is 2.05. The van der Waals surface area contributed by atoms with Crippen molar-refractivity contribution in [3.63, 3.8) is 0 Å². The van der Waals surface area contributed by atoms with E-state index in [0.29, 0.717) is 12.5 Å². The zero-order valence-corrected chi connectivity index (χ0v) is 13.2. The van der Waals surface area contributed by atoms with Crippen LogP contribution in [0.1, 0.15) is 20.3 Å². The van der Waals surface area contributed by atoms with Crippen molar-refractivity contribution < 1.29 is 22.7 Å². The van der Waals surface area contributed by atoms with Crippen LogP contribution < -0.4 is 16.2 Å². The van der Waals surface area contributed by atoms with Gasteiger partial charge in [0, 0.05) is 18.6 Å². The molecule has 0 spiro atoms. The zero-order valence-electron chi connectivity index (χ0n) is 13.2. The van der Waals surface area contributed by atoms with E-state index in [2.05, 4.69) is 9.98 Å². The van der Waals surface area contributed by atoms with Crippen LogP contribution in [0.25, 0.3) is 0 Å². The molecule has 10 heteroatoms. The summed E-state index contributed by atoms with van der Waals surface area (Å²) >= 11 is 0. The van der Waals surface area contributed by atoms with Crippen LogP contribution in [0.15, 0.2) is 22.1 Å². The molecule has 0 unspecified atom stereocenters. The number of ether oxygens (including phenoxy) is 1. The molecule has 0 atom stereocenters. The van der Waals surface area contributed by atoms with Crippen LogP contribution in [0.5, 0.6) is 5.75 Å². The maximum absolute atomic E-state index is 13.4. The van der Waals surface area contributed by atoms with E-state index >= 15 is 0 Å². The first kappa shape index (κ1) is 17.9. The second-order valence-electron chi connectivity index (χ2n) is 5.46. The van der Waals surface area contributed by atoms with Gasteiger partial charge in [-0.15, -0.1) is 0 Å². The molecule has 7 nitrogen and oxygen atoms in total. The first-order valence-electron chi connectivity index (χ1n) is 7.10. The Hall–Kier alpha value is -2.49. The number of hydrogen-bond donors (Lipinski definition) is 2. The van der Waals surface area contributed by atoms with Crippen molar-refractivity contribution in [2.45, 2.75) is 25.9 Å². The second-order valence-corrected chi connectivity index (χ2v) is 5.46. The Balaban J connectivity index is 1.83. The minimum atomic E-state index is -1.31. The van der Waals surface area contributed by atoms with Gasteiger partial charge < -0.3 is 16.2 Å². The van der Waals surface area contributed by atoms with Gasteiger partial charge in [-0.1, -0.05) is 0 Å². The average molecular weight is 345 g/mol. The van der Waals surface area contributed by atoms with Crippen molar-refractivity contribution in [3.8, 4) is 5.75 Å². The minimum absolute atomic E-state index is 0.0173. The Morgan fingerprint density at radius 2 is 1.88 bits per heavy atom. The van der Waals surface area contributed by atoms with E-state index in [1.54, 1.807) is 13.8 Å². The molecule has 2 rings (SSSR count). The zero-order chi connectivity index (χ0) is 17.9. The number of guanidine groups is 2. The fraction of sp³-hybridized carbons (Fsp3) is 0.429. The van der Waals surface area contributed by atoms with Gasteiger partial charge >= 0.3 is 0 Å². The smallest absolute Gasteiger partial charge is 0.226 e. The predicted octanol–water partition coefficient (Wildman–Crippen LogP) is 1.49. The van der Waals surface area contributed by atoms with E-state index in [4.69, 9.17) is 21.0 Å². The molecule has 0 fully saturated rings. The van der Waals surface area contributed by atoms with E-state index in [1.807, 2.05) is 0 Å². The highest BCUT2D eigenvalue weighted by Gasteiger charge is 2.32. The Morgan fingerprint density at radius 3 is 2.54 bits per heavy atom. The first-order chi connectivity index (χ1) is 11.2. The number of hydroxylamine groups is 2. The molecule has 0 saturated carbocycles. The number of nitrogens with two attached hydrogens (primary N) is 2. The number of nitrogens with zero attached hydrogens (tertiary/aromatic N) is 3. The molecule has 4 N–H and O–H groups in total. The molecule has 1 aromatic carbocycles. The van der Waals surface area contributed by atoms with Gasteiger partial charge in [0.15, 0.2) is 17.2 Å². The van der Waals surface area contributed by atoms with E-state index in [-0.39, 0.29) is 25.1 Å². The van der Waals surface area contributed by atoms with Gasteiger partial charge in [-0.25, -0.2) is 13.8 Å². The molecular formula is C14H18F3N5O2. The van der Waals surface area contributed by atoms with E-state index in [0.717, 1.165) is 6.07 Å². The van der Waals surface area contributed by atoms with Crippen molar-refractivity contribution >= 4 is 11.9 Å². The SMILES string of the molecule is CC1(C)N=C(N)N=C(N)N1OCCCOc1cc(F)cc(F)c1F. The molecule has 132 valence electrons. The highest BCUT2D eigenvalue weighted by molar-refractivity contribution is 5.95. The average Bonchev–Trinajstić information content (AvgIpc) is 2.44. The summed E-state index contributed by atoms with van der Waals surface area (Å²) < 4.78 is 44.5. The van der Waals surface area contributed by atoms with Crippen molar-refractivity contribution in [2.75, 3.05) is 13.2 Å². The summed E-state index contributed by atoms with van der Waals surface area (Å²) in [5.41, 5.74) is 10.4. The minimum Gasteiger partial charge on any atom is -0.490 e. The highest BCUT2D eigenvalue weighted by atomic mass is 19.2. The standard InChI is InChI=1S/C14H18F3N5O2/c1-14(2)21-12(18)20-13(19)22(14)24-5-3-4-23-10-7-8(15)6-9(16)11(10)17/h6-7H,3-5H2,1-2H3,(H4,18,19,20,21). The summed E-state index contributed by atoms with van der Waals surface area (Å²) in [5, 5.41) is 1.28. The molecule has 0 radical (unpaired) electrons. The van der Waals surface area contributed by atoms with Crippen molar-refractivity contribution in [1.29, 1.82) is 0 Å². The lowest BCUT2D eigenvalue weighted by molar-refractivity contribution is -0.158. The molecule has 0 bridgehead atoms. The van der Waals surface area contributed by atoms with Crippen LogP contribution in [0.2, 0.25) is 0 Å². The molecule has 0 amide bonds. The predicted molar refractivity (Wildman–Crippen MR) is 81.5 cm³/mol. The Labute approximate surface area is 136 Å². The molecule has 0 saturated heterocycles. The van der Waals surface area contributed by atoms with Crippen LogP contribution in [0.3, 0.4) is 0 Å².